The lowest BCUT2D eigenvalue weighted by Gasteiger charge is -2.06. The van der Waals surface area contributed by atoms with Crippen LogP contribution < -0.4 is 0 Å². The Hall–Kier alpha value is -1.77. The minimum atomic E-state index is -0.268. The van der Waals surface area contributed by atoms with Crippen LogP contribution in [-0.2, 0) is 0 Å². The molecule has 0 spiro atoms. The summed E-state index contributed by atoms with van der Waals surface area (Å²) >= 11 is 0. The molecule has 3 heteroatoms. The van der Waals surface area contributed by atoms with Gasteiger partial charge in [-0.3, -0.25) is 0 Å². The zero-order valence-corrected chi connectivity index (χ0v) is 9.31. The third-order valence-corrected chi connectivity index (χ3v) is 2.35. The first-order valence-corrected chi connectivity index (χ1v) is 5.25. The Morgan fingerprint density at radius 1 is 1.19 bits per heavy atom. The molecule has 1 heterocycles. The topological polar surface area (TPSA) is 25.8 Å². The number of rotatable bonds is 2. The smallest absolute Gasteiger partial charge is 0.159 e. The van der Waals surface area contributed by atoms with Crippen molar-refractivity contribution in [2.24, 2.45) is 0 Å². The summed E-state index contributed by atoms with van der Waals surface area (Å²) in [5.74, 6) is 0.650. The van der Waals surface area contributed by atoms with Crippen LogP contribution in [0.1, 0.15) is 25.5 Å². The van der Waals surface area contributed by atoms with E-state index in [2.05, 4.69) is 23.8 Å². The maximum absolute atomic E-state index is 13.1. The van der Waals surface area contributed by atoms with Crippen molar-refractivity contribution in [1.29, 1.82) is 0 Å². The van der Waals surface area contributed by atoms with E-state index in [-0.39, 0.29) is 5.82 Å². The Morgan fingerprint density at radius 2 is 2.00 bits per heavy atom. The van der Waals surface area contributed by atoms with Crippen molar-refractivity contribution in [2.45, 2.75) is 19.8 Å². The lowest BCUT2D eigenvalue weighted by Crippen LogP contribution is -1.96. The van der Waals surface area contributed by atoms with Gasteiger partial charge in [-0.15, -0.1) is 0 Å². The van der Waals surface area contributed by atoms with Gasteiger partial charge in [-0.05, 0) is 24.1 Å². The van der Waals surface area contributed by atoms with Crippen molar-refractivity contribution in [3.8, 4) is 11.4 Å². The highest BCUT2D eigenvalue weighted by Crippen LogP contribution is 2.18. The summed E-state index contributed by atoms with van der Waals surface area (Å²) in [4.78, 5) is 8.56. The zero-order chi connectivity index (χ0) is 11.5. The molecule has 0 unspecified atom stereocenters. The molecule has 0 aliphatic carbocycles. The molecule has 16 heavy (non-hydrogen) atoms. The van der Waals surface area contributed by atoms with Crippen molar-refractivity contribution < 1.29 is 4.39 Å². The van der Waals surface area contributed by atoms with E-state index in [0.717, 1.165) is 5.69 Å². The largest absolute Gasteiger partial charge is 0.237 e. The summed E-state index contributed by atoms with van der Waals surface area (Å²) < 4.78 is 13.1. The minimum Gasteiger partial charge on any atom is -0.237 e. The van der Waals surface area contributed by atoms with Crippen LogP contribution in [-0.4, -0.2) is 9.97 Å². The molecule has 0 aliphatic rings. The molecule has 1 aromatic carbocycles. The number of benzene rings is 1. The van der Waals surface area contributed by atoms with Crippen molar-refractivity contribution in [2.75, 3.05) is 0 Å². The Labute approximate surface area is 94.2 Å². The van der Waals surface area contributed by atoms with Crippen molar-refractivity contribution >= 4 is 0 Å². The van der Waals surface area contributed by atoms with Crippen LogP contribution in [0.4, 0.5) is 4.39 Å². The van der Waals surface area contributed by atoms with E-state index in [9.17, 15) is 4.39 Å². The fourth-order valence-corrected chi connectivity index (χ4v) is 1.46. The summed E-state index contributed by atoms with van der Waals surface area (Å²) in [6.45, 7) is 4.13. The summed E-state index contributed by atoms with van der Waals surface area (Å²) in [6, 6.07) is 8.21. The van der Waals surface area contributed by atoms with Gasteiger partial charge in [0.05, 0.1) is 0 Å². The normalized spacial score (nSPS) is 10.8. The summed E-state index contributed by atoms with van der Waals surface area (Å²) in [7, 11) is 0. The molecule has 0 amide bonds. The van der Waals surface area contributed by atoms with Crippen molar-refractivity contribution in [1.82, 2.24) is 9.97 Å². The molecule has 0 fully saturated rings. The zero-order valence-electron chi connectivity index (χ0n) is 9.31. The molecule has 0 bridgehead atoms. The average Bonchev–Trinajstić information content (AvgIpc) is 2.29. The van der Waals surface area contributed by atoms with Gasteiger partial charge in [0.2, 0.25) is 0 Å². The molecule has 0 atom stereocenters. The number of nitrogens with zero attached hydrogens (tertiary/aromatic N) is 2. The van der Waals surface area contributed by atoms with E-state index >= 15 is 0 Å². The number of aromatic nitrogens is 2. The molecule has 2 aromatic rings. The predicted molar refractivity (Wildman–Crippen MR) is 61.5 cm³/mol. The predicted octanol–water partition coefficient (Wildman–Crippen LogP) is 3.41. The summed E-state index contributed by atoms with van der Waals surface area (Å²) in [5, 5.41) is 0. The first-order chi connectivity index (χ1) is 7.66. The highest BCUT2D eigenvalue weighted by molar-refractivity contribution is 5.54. The first-order valence-electron chi connectivity index (χ1n) is 5.25. The van der Waals surface area contributed by atoms with E-state index in [4.69, 9.17) is 0 Å². The summed E-state index contributed by atoms with van der Waals surface area (Å²) in [6.07, 6.45) is 1.71. The number of hydrogen-bond acceptors (Lipinski definition) is 2. The van der Waals surface area contributed by atoms with Crippen LogP contribution in [0.15, 0.2) is 36.5 Å². The van der Waals surface area contributed by atoms with Gasteiger partial charge in [-0.1, -0.05) is 26.0 Å². The molecule has 2 nitrogen and oxygen atoms in total. The van der Waals surface area contributed by atoms with Gasteiger partial charge in [0.1, 0.15) is 5.82 Å². The Bertz CT molecular complexity index is 495. The van der Waals surface area contributed by atoms with Crippen LogP contribution in [0.3, 0.4) is 0 Å². The summed E-state index contributed by atoms with van der Waals surface area (Å²) in [5.41, 5.74) is 1.68. The van der Waals surface area contributed by atoms with Crippen LogP contribution in [0, 0.1) is 5.82 Å². The van der Waals surface area contributed by atoms with Gasteiger partial charge in [-0.25, -0.2) is 14.4 Å². The molecule has 2 rings (SSSR count). The van der Waals surface area contributed by atoms with E-state index in [1.165, 1.54) is 12.1 Å². The van der Waals surface area contributed by atoms with E-state index in [0.29, 0.717) is 17.3 Å². The third-order valence-electron chi connectivity index (χ3n) is 2.35. The first kappa shape index (κ1) is 10.7. The molecule has 0 radical (unpaired) electrons. The average molecular weight is 216 g/mol. The van der Waals surface area contributed by atoms with Crippen LogP contribution >= 0.6 is 0 Å². The second-order valence-electron chi connectivity index (χ2n) is 3.97. The molecule has 0 N–H and O–H groups in total. The van der Waals surface area contributed by atoms with Gasteiger partial charge in [0.25, 0.3) is 0 Å². The molecule has 82 valence electrons. The molecular weight excluding hydrogens is 203 g/mol. The van der Waals surface area contributed by atoms with Crippen molar-refractivity contribution in [3.63, 3.8) is 0 Å². The van der Waals surface area contributed by atoms with Gasteiger partial charge in [0, 0.05) is 17.5 Å². The maximum atomic E-state index is 13.1. The SMILES string of the molecule is CC(C)c1ccnc(-c2cccc(F)c2)n1. The van der Waals surface area contributed by atoms with Gasteiger partial charge in [0.15, 0.2) is 5.82 Å². The second kappa shape index (κ2) is 4.39. The fourth-order valence-electron chi connectivity index (χ4n) is 1.46. The number of halogens is 1. The minimum absolute atomic E-state index is 0.268. The lowest BCUT2D eigenvalue weighted by atomic mass is 10.1. The molecular formula is C13H13FN2. The van der Waals surface area contributed by atoms with Crippen molar-refractivity contribution in [3.05, 3.63) is 48.0 Å². The molecule has 1 aromatic heterocycles. The van der Waals surface area contributed by atoms with Gasteiger partial charge < -0.3 is 0 Å². The molecule has 0 aliphatic heterocycles. The molecule has 0 saturated carbocycles. The van der Waals surface area contributed by atoms with Gasteiger partial charge in [-0.2, -0.15) is 0 Å². The monoisotopic (exact) mass is 216 g/mol. The van der Waals surface area contributed by atoms with Crippen LogP contribution in [0.2, 0.25) is 0 Å². The number of hydrogen-bond donors (Lipinski definition) is 0. The Kier molecular flexibility index (Phi) is 2.95. The molecule has 0 saturated heterocycles. The highest BCUT2D eigenvalue weighted by atomic mass is 19.1. The maximum Gasteiger partial charge on any atom is 0.159 e. The Balaban J connectivity index is 2.44. The van der Waals surface area contributed by atoms with Gasteiger partial charge >= 0.3 is 0 Å². The Morgan fingerprint density at radius 3 is 2.69 bits per heavy atom. The van der Waals surface area contributed by atoms with E-state index < -0.39 is 0 Å². The van der Waals surface area contributed by atoms with Crippen LogP contribution in [0.5, 0.6) is 0 Å². The highest BCUT2D eigenvalue weighted by Gasteiger charge is 2.05. The third kappa shape index (κ3) is 2.24. The van der Waals surface area contributed by atoms with E-state index in [1.54, 1.807) is 12.3 Å². The second-order valence-corrected chi connectivity index (χ2v) is 3.97. The standard InChI is InChI=1S/C13H13FN2/c1-9(2)12-6-7-15-13(16-12)10-4-3-5-11(14)8-10/h3-9H,1-2H3. The van der Waals surface area contributed by atoms with Crippen LogP contribution in [0.25, 0.3) is 11.4 Å². The quantitative estimate of drug-likeness (QED) is 0.768. The van der Waals surface area contributed by atoms with E-state index in [1.807, 2.05) is 12.1 Å². The fraction of sp³-hybridized carbons (Fsp3) is 0.231. The lowest BCUT2D eigenvalue weighted by molar-refractivity contribution is 0.628.